The number of amides is 1. The summed E-state index contributed by atoms with van der Waals surface area (Å²) in [6.07, 6.45) is 4.69. The van der Waals surface area contributed by atoms with Crippen LogP contribution in [0.4, 0.5) is 4.39 Å². The van der Waals surface area contributed by atoms with Crippen molar-refractivity contribution in [3.63, 3.8) is 0 Å². The monoisotopic (exact) mass is 343 g/mol. The fourth-order valence-electron chi connectivity index (χ4n) is 2.65. The van der Waals surface area contributed by atoms with E-state index in [1.54, 1.807) is 0 Å². The van der Waals surface area contributed by atoms with Crippen molar-refractivity contribution in [1.82, 2.24) is 5.32 Å². The molecule has 0 aromatic heterocycles. The largest absolute Gasteiger partial charge is 0.494 e. The van der Waals surface area contributed by atoms with E-state index in [2.05, 4.69) is 21.2 Å². The van der Waals surface area contributed by atoms with Gasteiger partial charge in [-0.1, -0.05) is 28.8 Å². The first-order chi connectivity index (χ1) is 9.60. The van der Waals surface area contributed by atoms with Crippen molar-refractivity contribution >= 4 is 21.8 Å². The van der Waals surface area contributed by atoms with Gasteiger partial charge in [-0.3, -0.25) is 4.79 Å². The smallest absolute Gasteiger partial charge is 0.251 e. The number of methoxy groups -OCH3 is 1. The SMILES string of the molecule is COc1cc(C(=O)NCC2(CBr)CCCC2)ccc1F. The maximum absolute atomic E-state index is 13.3. The van der Waals surface area contributed by atoms with Gasteiger partial charge in [0.15, 0.2) is 11.6 Å². The maximum atomic E-state index is 13.3. The molecular formula is C15H19BrFNO2. The summed E-state index contributed by atoms with van der Waals surface area (Å²) in [5.74, 6) is -0.555. The Hall–Kier alpha value is -1.10. The Morgan fingerprint density at radius 3 is 2.75 bits per heavy atom. The second kappa shape index (κ2) is 6.57. The van der Waals surface area contributed by atoms with Gasteiger partial charge in [0, 0.05) is 17.4 Å². The number of ether oxygens (including phenoxy) is 1. The Balaban J connectivity index is 2.01. The number of rotatable bonds is 5. The van der Waals surface area contributed by atoms with Crippen LogP contribution in [0.3, 0.4) is 0 Å². The molecule has 0 bridgehead atoms. The molecule has 0 spiro atoms. The van der Waals surface area contributed by atoms with Gasteiger partial charge < -0.3 is 10.1 Å². The zero-order valence-electron chi connectivity index (χ0n) is 11.5. The highest BCUT2D eigenvalue weighted by Crippen LogP contribution is 2.39. The third kappa shape index (κ3) is 3.32. The summed E-state index contributed by atoms with van der Waals surface area (Å²) in [5, 5.41) is 3.85. The highest BCUT2D eigenvalue weighted by molar-refractivity contribution is 9.09. The molecule has 110 valence electrons. The standard InChI is InChI=1S/C15H19BrFNO2/c1-20-13-8-11(4-5-12(13)17)14(19)18-10-15(9-16)6-2-3-7-15/h4-5,8H,2-3,6-7,9-10H2,1H3,(H,18,19). The molecule has 1 aromatic carbocycles. The summed E-state index contributed by atoms with van der Waals surface area (Å²) in [6, 6.07) is 4.16. The van der Waals surface area contributed by atoms with Crippen LogP contribution in [0.25, 0.3) is 0 Å². The molecule has 0 radical (unpaired) electrons. The summed E-state index contributed by atoms with van der Waals surface area (Å²) < 4.78 is 18.2. The Bertz CT molecular complexity index is 487. The Morgan fingerprint density at radius 1 is 1.45 bits per heavy atom. The van der Waals surface area contributed by atoms with Crippen LogP contribution in [-0.4, -0.2) is 24.9 Å². The van der Waals surface area contributed by atoms with Gasteiger partial charge in [-0.2, -0.15) is 0 Å². The molecule has 0 unspecified atom stereocenters. The van der Waals surface area contributed by atoms with E-state index in [9.17, 15) is 9.18 Å². The number of halogens is 2. The van der Waals surface area contributed by atoms with Crippen molar-refractivity contribution in [3.05, 3.63) is 29.6 Å². The average Bonchev–Trinajstić information content (AvgIpc) is 2.95. The van der Waals surface area contributed by atoms with Gasteiger partial charge in [-0.25, -0.2) is 4.39 Å². The summed E-state index contributed by atoms with van der Waals surface area (Å²) in [5.41, 5.74) is 0.589. The lowest BCUT2D eigenvalue weighted by molar-refractivity contribution is 0.0935. The Kier molecular flexibility index (Phi) is 5.02. The van der Waals surface area contributed by atoms with Gasteiger partial charge in [0.1, 0.15) is 0 Å². The zero-order valence-corrected chi connectivity index (χ0v) is 13.1. The number of hydrogen-bond acceptors (Lipinski definition) is 2. The Labute approximate surface area is 127 Å². The molecule has 1 aliphatic rings. The molecule has 2 rings (SSSR count). The minimum Gasteiger partial charge on any atom is -0.494 e. The summed E-state index contributed by atoms with van der Waals surface area (Å²) in [7, 11) is 1.39. The summed E-state index contributed by atoms with van der Waals surface area (Å²) in [4.78, 5) is 12.1. The second-order valence-electron chi connectivity index (χ2n) is 5.37. The predicted octanol–water partition coefficient (Wildman–Crippen LogP) is 3.52. The molecule has 1 saturated carbocycles. The van der Waals surface area contributed by atoms with Crippen molar-refractivity contribution < 1.29 is 13.9 Å². The van der Waals surface area contributed by atoms with E-state index in [4.69, 9.17) is 4.74 Å². The second-order valence-corrected chi connectivity index (χ2v) is 5.93. The molecule has 0 saturated heterocycles. The van der Waals surface area contributed by atoms with Gasteiger partial charge in [0.2, 0.25) is 0 Å². The van der Waals surface area contributed by atoms with E-state index in [1.165, 1.54) is 38.2 Å². The van der Waals surface area contributed by atoms with E-state index < -0.39 is 5.82 Å². The maximum Gasteiger partial charge on any atom is 0.251 e. The first-order valence-electron chi connectivity index (χ1n) is 6.78. The number of nitrogens with one attached hydrogen (secondary N) is 1. The van der Waals surface area contributed by atoms with E-state index >= 15 is 0 Å². The minimum absolute atomic E-state index is 0.0914. The van der Waals surface area contributed by atoms with Crippen molar-refractivity contribution in [2.24, 2.45) is 5.41 Å². The van der Waals surface area contributed by atoms with Crippen LogP contribution < -0.4 is 10.1 Å². The number of carbonyl (C=O) groups is 1. The molecule has 1 amide bonds. The third-order valence-corrected chi connectivity index (χ3v) is 5.17. The Morgan fingerprint density at radius 2 is 2.15 bits per heavy atom. The highest BCUT2D eigenvalue weighted by Gasteiger charge is 2.33. The first kappa shape index (κ1) is 15.3. The quantitative estimate of drug-likeness (QED) is 0.830. The first-order valence-corrected chi connectivity index (χ1v) is 7.90. The van der Waals surface area contributed by atoms with E-state index in [0.29, 0.717) is 12.1 Å². The molecule has 0 heterocycles. The average molecular weight is 344 g/mol. The van der Waals surface area contributed by atoms with Crippen LogP contribution in [0.15, 0.2) is 18.2 Å². The summed E-state index contributed by atoms with van der Waals surface area (Å²) >= 11 is 3.55. The van der Waals surface area contributed by atoms with Crippen molar-refractivity contribution in [1.29, 1.82) is 0 Å². The van der Waals surface area contributed by atoms with Crippen LogP contribution in [0, 0.1) is 11.2 Å². The lowest BCUT2D eigenvalue weighted by Crippen LogP contribution is -2.37. The van der Waals surface area contributed by atoms with E-state index in [1.807, 2.05) is 0 Å². The molecule has 3 nitrogen and oxygen atoms in total. The molecule has 1 fully saturated rings. The molecule has 0 atom stereocenters. The third-order valence-electron chi connectivity index (χ3n) is 3.98. The minimum atomic E-state index is -0.461. The molecule has 1 aliphatic carbocycles. The fourth-order valence-corrected chi connectivity index (χ4v) is 3.41. The topological polar surface area (TPSA) is 38.3 Å². The summed E-state index contributed by atoms with van der Waals surface area (Å²) in [6.45, 7) is 0.650. The highest BCUT2D eigenvalue weighted by atomic mass is 79.9. The van der Waals surface area contributed by atoms with E-state index in [0.717, 1.165) is 18.2 Å². The zero-order chi connectivity index (χ0) is 14.6. The van der Waals surface area contributed by atoms with Gasteiger partial charge in [0.25, 0.3) is 5.91 Å². The van der Waals surface area contributed by atoms with E-state index in [-0.39, 0.29) is 17.1 Å². The lowest BCUT2D eigenvalue weighted by Gasteiger charge is -2.26. The number of benzene rings is 1. The van der Waals surface area contributed by atoms with Crippen LogP contribution in [-0.2, 0) is 0 Å². The van der Waals surface area contributed by atoms with Crippen LogP contribution in [0.2, 0.25) is 0 Å². The number of alkyl halides is 1. The molecular weight excluding hydrogens is 325 g/mol. The van der Waals surface area contributed by atoms with Crippen molar-refractivity contribution in [2.45, 2.75) is 25.7 Å². The normalized spacial score (nSPS) is 16.9. The van der Waals surface area contributed by atoms with Crippen LogP contribution in [0.5, 0.6) is 5.75 Å². The molecule has 1 aromatic rings. The van der Waals surface area contributed by atoms with Crippen molar-refractivity contribution in [3.8, 4) is 5.75 Å². The predicted molar refractivity (Wildman–Crippen MR) is 80.0 cm³/mol. The number of hydrogen-bond donors (Lipinski definition) is 1. The van der Waals surface area contributed by atoms with Crippen LogP contribution >= 0.6 is 15.9 Å². The van der Waals surface area contributed by atoms with Crippen LogP contribution in [0.1, 0.15) is 36.0 Å². The van der Waals surface area contributed by atoms with Crippen molar-refractivity contribution in [2.75, 3.05) is 19.0 Å². The number of carbonyl (C=O) groups excluding carboxylic acids is 1. The van der Waals surface area contributed by atoms with Gasteiger partial charge in [-0.15, -0.1) is 0 Å². The lowest BCUT2D eigenvalue weighted by atomic mass is 9.89. The molecule has 20 heavy (non-hydrogen) atoms. The molecule has 1 N–H and O–H groups in total. The molecule has 0 aliphatic heterocycles. The van der Waals surface area contributed by atoms with Gasteiger partial charge in [0.05, 0.1) is 7.11 Å². The van der Waals surface area contributed by atoms with Gasteiger partial charge in [-0.05, 0) is 36.5 Å². The van der Waals surface area contributed by atoms with Gasteiger partial charge >= 0.3 is 0 Å². The fraction of sp³-hybridized carbons (Fsp3) is 0.533. The molecule has 5 heteroatoms.